The number of methoxy groups -OCH3 is 1. The van der Waals surface area contributed by atoms with E-state index in [0.717, 1.165) is 26.9 Å². The van der Waals surface area contributed by atoms with E-state index in [2.05, 4.69) is 10.1 Å². The van der Waals surface area contributed by atoms with E-state index in [1.807, 2.05) is 32.0 Å². The molecule has 0 atom stereocenters. The third-order valence-corrected chi connectivity index (χ3v) is 5.13. The molecule has 3 heterocycles. The van der Waals surface area contributed by atoms with Crippen LogP contribution in [0, 0.1) is 6.92 Å². The lowest BCUT2D eigenvalue weighted by Gasteiger charge is -2.12. The molecule has 0 saturated heterocycles. The highest BCUT2D eigenvalue weighted by molar-refractivity contribution is 6.11. The summed E-state index contributed by atoms with van der Waals surface area (Å²) in [6, 6.07) is 5.58. The molecule has 1 aromatic carbocycles. The Bertz CT molecular complexity index is 1170. The molecule has 0 bridgehead atoms. The zero-order valence-electron chi connectivity index (χ0n) is 17.7. The van der Waals surface area contributed by atoms with Gasteiger partial charge in [-0.2, -0.15) is 18.3 Å². The predicted molar refractivity (Wildman–Crippen MR) is 111 cm³/mol. The van der Waals surface area contributed by atoms with Crippen LogP contribution in [0.3, 0.4) is 0 Å². The second-order valence-corrected chi connectivity index (χ2v) is 7.39. The first-order valence-electron chi connectivity index (χ1n) is 9.92. The number of amides is 1. The summed E-state index contributed by atoms with van der Waals surface area (Å²) in [4.78, 5) is 18.7. The van der Waals surface area contributed by atoms with E-state index in [-0.39, 0.29) is 12.5 Å². The highest BCUT2D eigenvalue weighted by Gasteiger charge is 2.33. The Morgan fingerprint density at radius 1 is 1.16 bits per heavy atom. The Kier molecular flexibility index (Phi) is 5.53. The number of aryl methyl sites for hydroxylation is 1. The number of halogens is 3. The fourth-order valence-corrected chi connectivity index (χ4v) is 3.79. The summed E-state index contributed by atoms with van der Waals surface area (Å²) in [5.41, 5.74) is 4.04. The molecule has 4 rings (SSSR count). The van der Waals surface area contributed by atoms with Gasteiger partial charge in [0.2, 0.25) is 0 Å². The van der Waals surface area contributed by atoms with Crippen LogP contribution in [0.1, 0.15) is 28.4 Å². The number of rotatable bonds is 6. The number of ether oxygens (including phenoxy) is 2. The van der Waals surface area contributed by atoms with E-state index in [1.165, 1.54) is 24.4 Å². The average Bonchev–Trinajstić information content (AvgIpc) is 3.31. The van der Waals surface area contributed by atoms with Crippen molar-refractivity contribution in [3.05, 3.63) is 53.5 Å². The van der Waals surface area contributed by atoms with Crippen LogP contribution in [0.4, 0.5) is 18.9 Å². The summed E-state index contributed by atoms with van der Waals surface area (Å²) >= 11 is 0. The number of fused-ring (bicyclic) bond motifs is 1. The maximum atomic E-state index is 13.0. The quantitative estimate of drug-likeness (QED) is 0.562. The van der Waals surface area contributed by atoms with Crippen LogP contribution >= 0.6 is 0 Å². The monoisotopic (exact) mass is 446 g/mol. The summed E-state index contributed by atoms with van der Waals surface area (Å²) in [6.45, 7) is 3.17. The van der Waals surface area contributed by atoms with Crippen molar-refractivity contribution in [1.29, 1.82) is 0 Å². The lowest BCUT2D eigenvalue weighted by atomic mass is 9.97. The largest absolute Gasteiger partial charge is 0.491 e. The molecule has 1 amide bonds. The van der Waals surface area contributed by atoms with E-state index in [0.29, 0.717) is 29.5 Å². The summed E-state index contributed by atoms with van der Waals surface area (Å²) in [5, 5.41) is 3.74. The minimum absolute atomic E-state index is 0.238. The van der Waals surface area contributed by atoms with E-state index in [1.54, 1.807) is 6.20 Å². The first kappa shape index (κ1) is 21.7. The topological polar surface area (TPSA) is 69.5 Å². The van der Waals surface area contributed by atoms with E-state index < -0.39 is 12.7 Å². The predicted octanol–water partition coefficient (Wildman–Crippen LogP) is 4.38. The fraction of sp³-hybridized carbons (Fsp3) is 0.318. The molecule has 0 unspecified atom stereocenters. The number of benzene rings is 1. The maximum Gasteiger partial charge on any atom is 0.408 e. The van der Waals surface area contributed by atoms with Crippen molar-refractivity contribution in [1.82, 2.24) is 14.8 Å². The Hall–Kier alpha value is -3.56. The van der Waals surface area contributed by atoms with Gasteiger partial charge in [0.25, 0.3) is 11.8 Å². The Morgan fingerprint density at radius 3 is 2.62 bits per heavy atom. The molecule has 1 aliphatic rings. The van der Waals surface area contributed by atoms with Crippen molar-refractivity contribution in [2.45, 2.75) is 33.1 Å². The van der Waals surface area contributed by atoms with Crippen molar-refractivity contribution >= 4 is 11.6 Å². The van der Waals surface area contributed by atoms with Gasteiger partial charge in [0.05, 0.1) is 32.1 Å². The third kappa shape index (κ3) is 4.12. The molecule has 2 aromatic heterocycles. The van der Waals surface area contributed by atoms with Crippen LogP contribution in [0.25, 0.3) is 11.1 Å². The van der Waals surface area contributed by atoms with Gasteiger partial charge in [-0.1, -0.05) is 6.07 Å². The van der Waals surface area contributed by atoms with Crippen LogP contribution in [0.15, 0.2) is 36.8 Å². The summed E-state index contributed by atoms with van der Waals surface area (Å²) in [5.74, 6) is 0.629. The SMILES string of the molecule is CCOc1ncc(-c2cc(C)c3c(c2)CN(c2cnn(CC(F)(F)F)c2)C3=O)cc1OC. The number of carbonyl (C=O) groups is 1. The first-order chi connectivity index (χ1) is 15.2. The third-order valence-electron chi connectivity index (χ3n) is 5.13. The molecule has 1 aliphatic heterocycles. The van der Waals surface area contributed by atoms with E-state index >= 15 is 0 Å². The number of hydrogen-bond donors (Lipinski definition) is 0. The molecular weight excluding hydrogens is 425 g/mol. The van der Waals surface area contributed by atoms with Crippen LogP contribution in [-0.2, 0) is 13.1 Å². The summed E-state index contributed by atoms with van der Waals surface area (Å²) in [7, 11) is 1.53. The number of pyridine rings is 1. The summed E-state index contributed by atoms with van der Waals surface area (Å²) in [6.07, 6.45) is -0.217. The second kappa shape index (κ2) is 8.18. The van der Waals surface area contributed by atoms with Crippen molar-refractivity contribution < 1.29 is 27.4 Å². The molecule has 7 nitrogen and oxygen atoms in total. The molecule has 0 radical (unpaired) electrons. The minimum atomic E-state index is -4.39. The lowest BCUT2D eigenvalue weighted by Crippen LogP contribution is -2.23. The molecule has 0 aliphatic carbocycles. The number of carbonyl (C=O) groups excluding carboxylic acids is 1. The van der Waals surface area contributed by atoms with Gasteiger partial charge >= 0.3 is 6.18 Å². The van der Waals surface area contributed by atoms with Gasteiger partial charge in [-0.25, -0.2) is 4.98 Å². The lowest BCUT2D eigenvalue weighted by molar-refractivity contribution is -0.142. The molecule has 0 saturated carbocycles. The van der Waals surface area contributed by atoms with Gasteiger partial charge in [-0.05, 0) is 42.7 Å². The molecule has 32 heavy (non-hydrogen) atoms. The fourth-order valence-electron chi connectivity index (χ4n) is 3.79. The van der Waals surface area contributed by atoms with Crippen LogP contribution < -0.4 is 14.4 Å². The van der Waals surface area contributed by atoms with Gasteiger partial charge in [0.1, 0.15) is 6.54 Å². The minimum Gasteiger partial charge on any atom is -0.491 e. The van der Waals surface area contributed by atoms with Gasteiger partial charge < -0.3 is 14.4 Å². The molecule has 0 fully saturated rings. The Balaban J connectivity index is 1.64. The van der Waals surface area contributed by atoms with Crippen molar-refractivity contribution in [2.75, 3.05) is 18.6 Å². The molecule has 10 heteroatoms. The number of hydrogen-bond acceptors (Lipinski definition) is 5. The van der Waals surface area contributed by atoms with E-state index in [4.69, 9.17) is 9.47 Å². The zero-order chi connectivity index (χ0) is 23.0. The molecule has 168 valence electrons. The smallest absolute Gasteiger partial charge is 0.408 e. The van der Waals surface area contributed by atoms with Crippen molar-refractivity contribution in [3.63, 3.8) is 0 Å². The van der Waals surface area contributed by atoms with Crippen LogP contribution in [0.5, 0.6) is 11.6 Å². The number of nitrogens with zero attached hydrogens (tertiary/aromatic N) is 4. The standard InChI is InChI=1S/C22H21F3N4O3/c1-4-32-20-18(31-3)7-15(8-26-20)14-5-13(2)19-16(6-14)10-29(21(19)30)17-9-27-28(11-17)12-22(23,24)25/h5-9,11H,4,10,12H2,1-3H3. The number of alkyl halides is 3. The van der Waals surface area contributed by atoms with E-state index in [9.17, 15) is 18.0 Å². The highest BCUT2D eigenvalue weighted by Crippen LogP contribution is 2.36. The van der Waals surface area contributed by atoms with Crippen LogP contribution in [0.2, 0.25) is 0 Å². The molecule has 0 N–H and O–H groups in total. The van der Waals surface area contributed by atoms with Gasteiger partial charge in [0.15, 0.2) is 5.75 Å². The maximum absolute atomic E-state index is 13.0. The molecule has 3 aromatic rings. The number of anilines is 1. The Labute approximate surface area is 182 Å². The zero-order valence-corrected chi connectivity index (χ0v) is 17.7. The number of aromatic nitrogens is 3. The van der Waals surface area contributed by atoms with Crippen molar-refractivity contribution in [2.24, 2.45) is 0 Å². The van der Waals surface area contributed by atoms with Crippen LogP contribution in [-0.4, -0.2) is 40.6 Å². The first-order valence-corrected chi connectivity index (χ1v) is 9.92. The Morgan fingerprint density at radius 2 is 1.94 bits per heavy atom. The van der Waals surface area contributed by atoms with Crippen molar-refractivity contribution in [3.8, 4) is 22.8 Å². The summed E-state index contributed by atoms with van der Waals surface area (Å²) < 4.78 is 49.5. The van der Waals surface area contributed by atoms with Gasteiger partial charge in [-0.15, -0.1) is 0 Å². The highest BCUT2D eigenvalue weighted by atomic mass is 19.4. The average molecular weight is 446 g/mol. The molecular formula is C22H21F3N4O3. The molecule has 0 spiro atoms. The van der Waals surface area contributed by atoms with Gasteiger partial charge in [-0.3, -0.25) is 9.48 Å². The second-order valence-electron chi connectivity index (χ2n) is 7.39. The normalized spacial score (nSPS) is 13.4. The van der Waals surface area contributed by atoms with Gasteiger partial charge in [0, 0.05) is 23.5 Å².